The summed E-state index contributed by atoms with van der Waals surface area (Å²) >= 11 is 0. The Bertz CT molecular complexity index is 762. The molecule has 24 heavy (non-hydrogen) atoms. The van der Waals surface area contributed by atoms with Crippen LogP contribution < -0.4 is 15.5 Å². The number of rotatable bonds is 5. The molecule has 0 heterocycles. The first-order valence-electron chi connectivity index (χ1n) is 7.12. The summed E-state index contributed by atoms with van der Waals surface area (Å²) in [6.07, 6.45) is 1.34. The molecule has 0 aliphatic rings. The van der Waals surface area contributed by atoms with Gasteiger partial charge >= 0.3 is 11.8 Å². The van der Waals surface area contributed by atoms with E-state index < -0.39 is 11.8 Å². The number of carbonyl (C=O) groups is 2. The average molecular weight is 329 g/mol. The van der Waals surface area contributed by atoms with Crippen LogP contribution in [0.2, 0.25) is 0 Å². The second-order valence-electron chi connectivity index (χ2n) is 4.70. The predicted molar refractivity (Wildman–Crippen MR) is 87.0 cm³/mol. The quantitative estimate of drug-likeness (QED) is 0.497. The van der Waals surface area contributed by atoms with E-state index in [-0.39, 0.29) is 12.4 Å². The normalized spacial score (nSPS) is 10.4. The van der Waals surface area contributed by atoms with Gasteiger partial charge in [0, 0.05) is 18.2 Å². The molecule has 0 fully saturated rings. The lowest BCUT2D eigenvalue weighted by atomic mass is 10.2. The highest BCUT2D eigenvalue weighted by molar-refractivity contribution is 6.34. The van der Waals surface area contributed by atoms with E-state index in [9.17, 15) is 14.0 Å². The molecule has 0 bridgehead atoms. The van der Waals surface area contributed by atoms with Gasteiger partial charge in [0.1, 0.15) is 18.2 Å². The maximum Gasteiger partial charge on any atom is 0.329 e. The molecule has 0 aliphatic heterocycles. The van der Waals surface area contributed by atoms with E-state index in [0.29, 0.717) is 16.9 Å². The Balaban J connectivity index is 2.03. The van der Waals surface area contributed by atoms with Crippen LogP contribution in [0.3, 0.4) is 0 Å². The third-order valence-electron chi connectivity index (χ3n) is 3.06. The van der Waals surface area contributed by atoms with Crippen LogP contribution >= 0.6 is 0 Å². The standard InChI is InChI=1S/C17H16FN3O3/c1-19-16(22)17(23)21-20-10-12-6-3-5-9-15(12)24-11-13-7-2-4-8-14(13)18/h2-10H,11H2,1H3,(H,19,22)(H,21,23)/b20-10-. The molecule has 124 valence electrons. The van der Waals surface area contributed by atoms with Gasteiger partial charge in [-0.15, -0.1) is 0 Å². The van der Waals surface area contributed by atoms with Crippen molar-refractivity contribution in [1.82, 2.24) is 10.7 Å². The first kappa shape index (κ1) is 17.1. The minimum absolute atomic E-state index is 0.0577. The monoisotopic (exact) mass is 329 g/mol. The third-order valence-corrected chi connectivity index (χ3v) is 3.06. The van der Waals surface area contributed by atoms with Crippen molar-refractivity contribution in [2.75, 3.05) is 7.05 Å². The Morgan fingerprint density at radius 3 is 2.58 bits per heavy atom. The Morgan fingerprint density at radius 1 is 1.12 bits per heavy atom. The molecule has 2 amide bonds. The number of amides is 2. The molecule has 7 heteroatoms. The van der Waals surface area contributed by atoms with Gasteiger partial charge in [0.15, 0.2) is 0 Å². The molecule has 0 spiro atoms. The molecule has 0 aliphatic carbocycles. The van der Waals surface area contributed by atoms with Crippen LogP contribution in [0.25, 0.3) is 0 Å². The second-order valence-corrected chi connectivity index (χ2v) is 4.70. The molecule has 0 unspecified atom stereocenters. The smallest absolute Gasteiger partial charge is 0.329 e. The first-order valence-corrected chi connectivity index (χ1v) is 7.12. The summed E-state index contributed by atoms with van der Waals surface area (Å²) in [6, 6.07) is 13.3. The van der Waals surface area contributed by atoms with Crippen molar-refractivity contribution in [3.63, 3.8) is 0 Å². The van der Waals surface area contributed by atoms with Crippen LogP contribution in [-0.2, 0) is 16.2 Å². The number of halogens is 1. The maximum absolute atomic E-state index is 13.6. The number of carbonyl (C=O) groups excluding carboxylic acids is 2. The fourth-order valence-corrected chi connectivity index (χ4v) is 1.81. The van der Waals surface area contributed by atoms with Gasteiger partial charge in [0.05, 0.1) is 6.21 Å². The van der Waals surface area contributed by atoms with Crippen LogP contribution in [-0.4, -0.2) is 25.1 Å². The summed E-state index contributed by atoms with van der Waals surface area (Å²) in [4.78, 5) is 22.3. The lowest BCUT2D eigenvalue weighted by molar-refractivity contribution is -0.138. The summed E-state index contributed by atoms with van der Waals surface area (Å²) < 4.78 is 19.2. The minimum Gasteiger partial charge on any atom is -0.488 e. The van der Waals surface area contributed by atoms with Crippen LogP contribution in [0.15, 0.2) is 53.6 Å². The maximum atomic E-state index is 13.6. The van der Waals surface area contributed by atoms with E-state index in [1.165, 1.54) is 19.3 Å². The van der Waals surface area contributed by atoms with Crippen molar-refractivity contribution in [3.8, 4) is 5.75 Å². The van der Waals surface area contributed by atoms with Gasteiger partial charge in [-0.25, -0.2) is 9.82 Å². The number of nitrogens with one attached hydrogen (secondary N) is 2. The van der Waals surface area contributed by atoms with E-state index in [4.69, 9.17) is 4.74 Å². The molecule has 2 rings (SSSR count). The average Bonchev–Trinajstić information content (AvgIpc) is 2.61. The number of benzene rings is 2. The van der Waals surface area contributed by atoms with Crippen molar-refractivity contribution in [2.45, 2.75) is 6.61 Å². The van der Waals surface area contributed by atoms with E-state index in [1.54, 1.807) is 42.5 Å². The molecule has 0 saturated carbocycles. The van der Waals surface area contributed by atoms with Crippen LogP contribution in [0.4, 0.5) is 4.39 Å². The van der Waals surface area contributed by atoms with Gasteiger partial charge in [-0.2, -0.15) is 5.10 Å². The summed E-state index contributed by atoms with van der Waals surface area (Å²) in [5, 5.41) is 5.89. The molecule has 0 aromatic heterocycles. The highest BCUT2D eigenvalue weighted by Crippen LogP contribution is 2.18. The SMILES string of the molecule is CNC(=O)C(=O)N/N=C\c1ccccc1OCc1ccccc1F. The highest BCUT2D eigenvalue weighted by Gasteiger charge is 2.09. The molecule has 0 saturated heterocycles. The molecule has 2 aromatic rings. The largest absolute Gasteiger partial charge is 0.488 e. The summed E-state index contributed by atoms with van der Waals surface area (Å²) in [7, 11) is 1.34. The Morgan fingerprint density at radius 2 is 1.83 bits per heavy atom. The van der Waals surface area contributed by atoms with Crippen molar-refractivity contribution < 1.29 is 18.7 Å². The van der Waals surface area contributed by atoms with E-state index >= 15 is 0 Å². The van der Waals surface area contributed by atoms with Gasteiger partial charge in [-0.05, 0) is 18.2 Å². The summed E-state index contributed by atoms with van der Waals surface area (Å²) in [5.74, 6) is -1.55. The van der Waals surface area contributed by atoms with Gasteiger partial charge < -0.3 is 10.1 Å². The number of hydrogen-bond donors (Lipinski definition) is 2. The highest BCUT2D eigenvalue weighted by atomic mass is 19.1. The topological polar surface area (TPSA) is 79.8 Å². The molecular formula is C17H16FN3O3. The second kappa shape index (κ2) is 8.42. The van der Waals surface area contributed by atoms with Crippen molar-refractivity contribution in [1.29, 1.82) is 0 Å². The lowest BCUT2D eigenvalue weighted by Crippen LogP contribution is -2.35. The van der Waals surface area contributed by atoms with Gasteiger partial charge in [0.25, 0.3) is 0 Å². The lowest BCUT2D eigenvalue weighted by Gasteiger charge is -2.09. The Labute approximate surface area is 138 Å². The molecular weight excluding hydrogens is 313 g/mol. The Kier molecular flexibility index (Phi) is 6.01. The fraction of sp³-hybridized carbons (Fsp3) is 0.118. The zero-order chi connectivity index (χ0) is 17.4. The van der Waals surface area contributed by atoms with Crippen LogP contribution in [0.1, 0.15) is 11.1 Å². The molecule has 2 N–H and O–H groups in total. The molecule has 0 atom stereocenters. The van der Waals surface area contributed by atoms with Crippen molar-refractivity contribution in [3.05, 3.63) is 65.5 Å². The van der Waals surface area contributed by atoms with Crippen LogP contribution in [0.5, 0.6) is 5.75 Å². The summed E-state index contributed by atoms with van der Waals surface area (Å²) in [5.41, 5.74) is 3.10. The number of likely N-dealkylation sites (N-methyl/N-ethyl adjacent to an activating group) is 1. The Hall–Kier alpha value is -3.22. The molecule has 2 aromatic carbocycles. The van der Waals surface area contributed by atoms with E-state index in [1.807, 2.05) is 0 Å². The van der Waals surface area contributed by atoms with Gasteiger partial charge in [-0.3, -0.25) is 9.59 Å². The van der Waals surface area contributed by atoms with Crippen molar-refractivity contribution in [2.24, 2.45) is 5.10 Å². The number of nitrogens with zero attached hydrogens (tertiary/aromatic N) is 1. The number of hydrogen-bond acceptors (Lipinski definition) is 4. The van der Waals surface area contributed by atoms with E-state index in [2.05, 4.69) is 15.8 Å². The van der Waals surface area contributed by atoms with Gasteiger partial charge in [-0.1, -0.05) is 30.3 Å². The number of hydrazone groups is 1. The third kappa shape index (κ3) is 4.64. The first-order chi connectivity index (χ1) is 11.6. The zero-order valence-electron chi connectivity index (χ0n) is 13.0. The molecule has 0 radical (unpaired) electrons. The number of ether oxygens (including phenoxy) is 1. The van der Waals surface area contributed by atoms with Gasteiger partial charge in [0.2, 0.25) is 0 Å². The zero-order valence-corrected chi connectivity index (χ0v) is 13.0. The minimum atomic E-state index is -0.876. The summed E-state index contributed by atoms with van der Waals surface area (Å²) in [6.45, 7) is 0.0577. The molecule has 6 nitrogen and oxygen atoms in total. The van der Waals surface area contributed by atoms with Crippen molar-refractivity contribution >= 4 is 18.0 Å². The van der Waals surface area contributed by atoms with E-state index in [0.717, 1.165) is 0 Å². The predicted octanol–water partition coefficient (Wildman–Crippen LogP) is 1.60. The van der Waals surface area contributed by atoms with Crippen LogP contribution in [0, 0.1) is 5.82 Å². The number of para-hydroxylation sites is 1. The fourth-order valence-electron chi connectivity index (χ4n) is 1.81.